The number of hydrogen-bond acceptors (Lipinski definition) is 2. The van der Waals surface area contributed by atoms with Crippen molar-refractivity contribution < 1.29 is 9.53 Å². The van der Waals surface area contributed by atoms with Gasteiger partial charge in [-0.05, 0) is 93.5 Å². The lowest BCUT2D eigenvalue weighted by Crippen LogP contribution is -2.39. The number of amides is 1. The second-order valence-corrected chi connectivity index (χ2v) is 7.36. The maximum atomic E-state index is 12.8. The van der Waals surface area contributed by atoms with Crippen LogP contribution in [0.25, 0.3) is 0 Å². The number of ether oxygens (including phenoxy) is 1. The predicted molar refractivity (Wildman–Crippen MR) is 108 cm³/mol. The SMILES string of the molecule is CC[C@@H](Oc1cc(C)cc(C)c1)C(=O)N[C@@H](C)c1cc(C)c(C)cc1C. The van der Waals surface area contributed by atoms with Crippen LogP contribution < -0.4 is 10.1 Å². The fraction of sp³-hybridized carbons (Fsp3) is 0.435. The number of carbonyl (C=O) groups is 1. The highest BCUT2D eigenvalue weighted by Crippen LogP contribution is 2.23. The zero-order chi connectivity index (χ0) is 19.4. The Morgan fingerprint density at radius 3 is 2.08 bits per heavy atom. The minimum Gasteiger partial charge on any atom is -0.481 e. The first kappa shape index (κ1) is 20.0. The summed E-state index contributed by atoms with van der Waals surface area (Å²) in [6.45, 7) is 14.4. The Balaban J connectivity index is 2.12. The van der Waals surface area contributed by atoms with Crippen LogP contribution in [0.1, 0.15) is 59.7 Å². The standard InChI is InChI=1S/C23H31NO2/c1-8-22(26-20-10-14(2)9-15(3)11-20)23(25)24-19(7)21-13-17(5)16(4)12-18(21)6/h9-13,19,22H,8H2,1-7H3,(H,24,25)/t19-,22+/m0/s1. The Morgan fingerprint density at radius 2 is 1.50 bits per heavy atom. The van der Waals surface area contributed by atoms with Gasteiger partial charge in [0.25, 0.3) is 5.91 Å². The van der Waals surface area contributed by atoms with Gasteiger partial charge < -0.3 is 10.1 Å². The summed E-state index contributed by atoms with van der Waals surface area (Å²) in [7, 11) is 0. The molecule has 1 N–H and O–H groups in total. The lowest BCUT2D eigenvalue weighted by Gasteiger charge is -2.23. The van der Waals surface area contributed by atoms with Crippen molar-refractivity contribution in [3.05, 3.63) is 63.7 Å². The van der Waals surface area contributed by atoms with E-state index in [1.807, 2.05) is 39.8 Å². The molecule has 0 heterocycles. The summed E-state index contributed by atoms with van der Waals surface area (Å²) in [6, 6.07) is 10.3. The quantitative estimate of drug-likeness (QED) is 0.769. The van der Waals surface area contributed by atoms with Crippen LogP contribution in [0, 0.1) is 34.6 Å². The van der Waals surface area contributed by atoms with E-state index in [4.69, 9.17) is 4.74 Å². The predicted octanol–water partition coefficient (Wildman–Crippen LogP) is 5.26. The Bertz CT molecular complexity index is 775. The molecule has 2 rings (SSSR count). The van der Waals surface area contributed by atoms with Crippen molar-refractivity contribution in [1.82, 2.24) is 5.32 Å². The van der Waals surface area contributed by atoms with Gasteiger partial charge in [0, 0.05) is 0 Å². The zero-order valence-corrected chi connectivity index (χ0v) is 17.1. The Hall–Kier alpha value is -2.29. The molecule has 0 fully saturated rings. The summed E-state index contributed by atoms with van der Waals surface area (Å²) in [6.07, 6.45) is 0.128. The molecule has 0 spiro atoms. The summed E-state index contributed by atoms with van der Waals surface area (Å²) in [5.41, 5.74) is 7.13. The van der Waals surface area contributed by atoms with Crippen molar-refractivity contribution in [2.75, 3.05) is 0 Å². The van der Waals surface area contributed by atoms with E-state index in [1.54, 1.807) is 0 Å². The molecule has 0 aromatic heterocycles. The molecule has 140 valence electrons. The van der Waals surface area contributed by atoms with Gasteiger partial charge in [-0.2, -0.15) is 0 Å². The molecule has 3 heteroatoms. The molecule has 0 saturated heterocycles. The second-order valence-electron chi connectivity index (χ2n) is 7.36. The van der Waals surface area contributed by atoms with Crippen molar-refractivity contribution in [2.45, 2.75) is 67.0 Å². The van der Waals surface area contributed by atoms with Crippen molar-refractivity contribution in [3.8, 4) is 5.75 Å². The van der Waals surface area contributed by atoms with Crippen molar-refractivity contribution in [3.63, 3.8) is 0 Å². The molecule has 0 unspecified atom stereocenters. The molecule has 26 heavy (non-hydrogen) atoms. The molecule has 1 amide bonds. The molecule has 0 aliphatic rings. The summed E-state index contributed by atoms with van der Waals surface area (Å²) in [4.78, 5) is 12.8. The van der Waals surface area contributed by atoms with E-state index < -0.39 is 6.10 Å². The zero-order valence-electron chi connectivity index (χ0n) is 17.1. The summed E-state index contributed by atoms with van der Waals surface area (Å²) in [5, 5.41) is 3.12. The molecule has 2 atom stereocenters. The van der Waals surface area contributed by atoms with Crippen LogP contribution in [0.5, 0.6) is 5.75 Å². The van der Waals surface area contributed by atoms with Gasteiger partial charge in [-0.25, -0.2) is 0 Å². The topological polar surface area (TPSA) is 38.3 Å². The van der Waals surface area contributed by atoms with Crippen molar-refractivity contribution in [2.24, 2.45) is 0 Å². The molecule has 0 aliphatic heterocycles. The van der Waals surface area contributed by atoms with Gasteiger partial charge >= 0.3 is 0 Å². The van der Waals surface area contributed by atoms with Crippen LogP contribution in [-0.2, 0) is 4.79 Å². The molecule has 0 aliphatic carbocycles. The largest absolute Gasteiger partial charge is 0.481 e. The normalized spacial score (nSPS) is 13.2. The van der Waals surface area contributed by atoms with Gasteiger partial charge in [0.15, 0.2) is 6.10 Å². The average Bonchev–Trinajstić information content (AvgIpc) is 2.54. The fourth-order valence-electron chi connectivity index (χ4n) is 3.32. The highest BCUT2D eigenvalue weighted by Gasteiger charge is 2.21. The maximum Gasteiger partial charge on any atom is 0.261 e. The van der Waals surface area contributed by atoms with Gasteiger partial charge in [0.1, 0.15) is 5.75 Å². The Labute approximate surface area is 157 Å². The van der Waals surface area contributed by atoms with Crippen LogP contribution in [0.4, 0.5) is 0 Å². The third-order valence-electron chi connectivity index (χ3n) is 4.84. The average molecular weight is 354 g/mol. The molecular formula is C23H31NO2. The van der Waals surface area contributed by atoms with E-state index in [1.165, 1.54) is 16.7 Å². The number of rotatable bonds is 6. The van der Waals surface area contributed by atoms with Crippen LogP contribution in [0.3, 0.4) is 0 Å². The highest BCUT2D eigenvalue weighted by molar-refractivity contribution is 5.81. The number of aryl methyl sites for hydroxylation is 5. The first-order chi connectivity index (χ1) is 12.2. The van der Waals surface area contributed by atoms with E-state index in [0.717, 1.165) is 22.4 Å². The second kappa shape index (κ2) is 8.39. The van der Waals surface area contributed by atoms with E-state index >= 15 is 0 Å². The number of hydrogen-bond donors (Lipinski definition) is 1. The third-order valence-corrected chi connectivity index (χ3v) is 4.84. The van der Waals surface area contributed by atoms with Gasteiger partial charge in [-0.15, -0.1) is 0 Å². The van der Waals surface area contributed by atoms with E-state index in [0.29, 0.717) is 6.42 Å². The number of carbonyl (C=O) groups excluding carboxylic acids is 1. The van der Waals surface area contributed by atoms with Gasteiger partial charge in [-0.1, -0.05) is 25.1 Å². The maximum absolute atomic E-state index is 12.8. The molecule has 0 saturated carbocycles. The minimum absolute atomic E-state index is 0.0568. The smallest absolute Gasteiger partial charge is 0.261 e. The van der Waals surface area contributed by atoms with Crippen LogP contribution in [0.15, 0.2) is 30.3 Å². The number of nitrogens with one attached hydrogen (secondary N) is 1. The lowest BCUT2D eigenvalue weighted by atomic mass is 9.96. The molecule has 2 aromatic rings. The molecular weight excluding hydrogens is 322 g/mol. The Kier molecular flexibility index (Phi) is 6.47. The van der Waals surface area contributed by atoms with Gasteiger partial charge in [0.05, 0.1) is 6.04 Å². The fourth-order valence-corrected chi connectivity index (χ4v) is 3.32. The molecule has 0 radical (unpaired) electrons. The van der Waals surface area contributed by atoms with Crippen LogP contribution in [0.2, 0.25) is 0 Å². The highest BCUT2D eigenvalue weighted by atomic mass is 16.5. The monoisotopic (exact) mass is 353 g/mol. The van der Waals surface area contributed by atoms with Crippen LogP contribution in [-0.4, -0.2) is 12.0 Å². The lowest BCUT2D eigenvalue weighted by molar-refractivity contribution is -0.128. The summed E-state index contributed by atoms with van der Waals surface area (Å²) >= 11 is 0. The van der Waals surface area contributed by atoms with Crippen molar-refractivity contribution >= 4 is 5.91 Å². The minimum atomic E-state index is -0.495. The third kappa shape index (κ3) is 4.87. The molecule has 2 aromatic carbocycles. The van der Waals surface area contributed by atoms with Crippen molar-refractivity contribution in [1.29, 1.82) is 0 Å². The number of benzene rings is 2. The van der Waals surface area contributed by atoms with E-state index in [9.17, 15) is 4.79 Å². The molecule has 0 bridgehead atoms. The van der Waals surface area contributed by atoms with E-state index in [-0.39, 0.29) is 11.9 Å². The first-order valence-electron chi connectivity index (χ1n) is 9.34. The van der Waals surface area contributed by atoms with E-state index in [2.05, 4.69) is 44.3 Å². The summed E-state index contributed by atoms with van der Waals surface area (Å²) in [5.74, 6) is 0.677. The van der Waals surface area contributed by atoms with Crippen LogP contribution >= 0.6 is 0 Å². The van der Waals surface area contributed by atoms with Gasteiger partial charge in [-0.3, -0.25) is 4.79 Å². The first-order valence-corrected chi connectivity index (χ1v) is 9.34. The Morgan fingerprint density at radius 1 is 0.923 bits per heavy atom. The summed E-state index contributed by atoms with van der Waals surface area (Å²) < 4.78 is 5.98. The molecule has 3 nitrogen and oxygen atoms in total. The van der Waals surface area contributed by atoms with Gasteiger partial charge in [0.2, 0.25) is 0 Å².